The van der Waals surface area contributed by atoms with E-state index in [1.165, 1.54) is 5.56 Å². The number of nitrogens with zero attached hydrogens (tertiary/aromatic N) is 1. The van der Waals surface area contributed by atoms with E-state index in [1.807, 2.05) is 12.1 Å². The van der Waals surface area contributed by atoms with Crippen molar-refractivity contribution < 1.29 is 14.6 Å². The lowest BCUT2D eigenvalue weighted by atomic mass is 10.1. The van der Waals surface area contributed by atoms with E-state index in [4.69, 9.17) is 4.74 Å². The number of hydrogen-bond acceptors (Lipinski definition) is 4. The van der Waals surface area contributed by atoms with E-state index in [0.29, 0.717) is 17.9 Å². The molecule has 0 aromatic heterocycles. The molecule has 0 radical (unpaired) electrons. The second kappa shape index (κ2) is 9.35. The van der Waals surface area contributed by atoms with Gasteiger partial charge in [-0.1, -0.05) is 24.3 Å². The van der Waals surface area contributed by atoms with Gasteiger partial charge in [-0.05, 0) is 58.1 Å². The summed E-state index contributed by atoms with van der Waals surface area (Å²) in [4.78, 5) is 14.8. The van der Waals surface area contributed by atoms with Crippen LogP contribution in [-0.2, 0) is 13.1 Å². The van der Waals surface area contributed by atoms with Crippen LogP contribution in [0.3, 0.4) is 0 Å². The van der Waals surface area contributed by atoms with Gasteiger partial charge in [0.15, 0.2) is 0 Å². The van der Waals surface area contributed by atoms with Crippen molar-refractivity contribution in [1.29, 1.82) is 0 Å². The first-order valence-electron chi connectivity index (χ1n) is 9.15. The lowest BCUT2D eigenvalue weighted by Gasteiger charge is -2.29. The number of nitrogens with one attached hydrogen (secondary N) is 1. The molecule has 144 valence electrons. The van der Waals surface area contributed by atoms with Crippen molar-refractivity contribution in [3.63, 3.8) is 0 Å². The molecule has 1 fully saturated rings. The minimum absolute atomic E-state index is 0.142. The molecule has 5 nitrogen and oxygen atoms in total. The normalized spacial score (nSPS) is 15.5. The Morgan fingerprint density at radius 1 is 1.19 bits per heavy atom. The van der Waals surface area contributed by atoms with Crippen molar-refractivity contribution in [2.75, 3.05) is 20.2 Å². The van der Waals surface area contributed by atoms with Gasteiger partial charge >= 0.3 is 0 Å². The van der Waals surface area contributed by atoms with Gasteiger partial charge in [-0.2, -0.15) is 0 Å². The molecular formula is C21H25BrN2O3. The van der Waals surface area contributed by atoms with Crippen molar-refractivity contribution in [1.82, 2.24) is 10.2 Å². The molecule has 0 unspecified atom stereocenters. The maximum Gasteiger partial charge on any atom is 0.252 e. The van der Waals surface area contributed by atoms with Gasteiger partial charge in [0.05, 0.1) is 18.8 Å². The monoisotopic (exact) mass is 432 g/mol. The Kier molecular flexibility index (Phi) is 6.88. The fraction of sp³-hybridized carbons (Fsp3) is 0.381. The summed E-state index contributed by atoms with van der Waals surface area (Å²) in [5.41, 5.74) is 2.86. The lowest BCUT2D eigenvalue weighted by molar-refractivity contribution is 0.0792. The summed E-state index contributed by atoms with van der Waals surface area (Å²) in [6, 6.07) is 13.6. The Bertz CT molecular complexity index is 771. The first-order valence-corrected chi connectivity index (χ1v) is 9.94. The Morgan fingerprint density at radius 2 is 1.85 bits per heavy atom. The fourth-order valence-electron chi connectivity index (χ4n) is 3.18. The maximum absolute atomic E-state index is 12.4. The molecule has 0 saturated carbocycles. The highest BCUT2D eigenvalue weighted by molar-refractivity contribution is 9.10. The number of piperidine rings is 1. The minimum Gasteiger partial charge on any atom is -0.497 e. The van der Waals surface area contributed by atoms with Gasteiger partial charge in [0.25, 0.3) is 5.91 Å². The molecule has 0 bridgehead atoms. The number of carbonyl (C=O) groups is 1. The van der Waals surface area contributed by atoms with Crippen LogP contribution in [0.5, 0.6) is 5.75 Å². The molecule has 1 saturated heterocycles. The second-order valence-corrected chi connectivity index (χ2v) is 7.71. The molecule has 2 aromatic carbocycles. The number of hydrogen-bond donors (Lipinski definition) is 2. The third kappa shape index (κ3) is 5.54. The van der Waals surface area contributed by atoms with Crippen molar-refractivity contribution in [2.45, 2.75) is 32.0 Å². The van der Waals surface area contributed by atoms with Crippen molar-refractivity contribution in [3.05, 3.63) is 63.6 Å². The SMILES string of the molecule is COc1ccc(Br)c(C(=O)NCc2ccc(CN3CCC(O)CC3)cc2)c1. The Morgan fingerprint density at radius 3 is 2.52 bits per heavy atom. The molecule has 3 rings (SSSR count). The molecule has 6 heteroatoms. The van der Waals surface area contributed by atoms with Gasteiger partial charge in [-0.3, -0.25) is 9.69 Å². The van der Waals surface area contributed by atoms with Crippen LogP contribution in [0.2, 0.25) is 0 Å². The summed E-state index contributed by atoms with van der Waals surface area (Å²) in [6.07, 6.45) is 1.56. The third-order valence-corrected chi connectivity index (χ3v) is 5.55. The van der Waals surface area contributed by atoms with Crippen LogP contribution in [0.25, 0.3) is 0 Å². The molecular weight excluding hydrogens is 408 g/mol. The molecule has 0 spiro atoms. The van der Waals surface area contributed by atoms with Gasteiger partial charge in [-0.15, -0.1) is 0 Å². The van der Waals surface area contributed by atoms with E-state index in [-0.39, 0.29) is 12.0 Å². The zero-order valence-electron chi connectivity index (χ0n) is 15.5. The Balaban J connectivity index is 1.53. The van der Waals surface area contributed by atoms with Crippen LogP contribution >= 0.6 is 15.9 Å². The van der Waals surface area contributed by atoms with Crippen molar-refractivity contribution in [2.24, 2.45) is 0 Å². The second-order valence-electron chi connectivity index (χ2n) is 6.85. The molecule has 2 aromatic rings. The number of halogens is 1. The molecule has 1 aliphatic rings. The molecule has 2 N–H and O–H groups in total. The zero-order chi connectivity index (χ0) is 19.2. The summed E-state index contributed by atoms with van der Waals surface area (Å²) >= 11 is 3.41. The number of aliphatic hydroxyl groups is 1. The first kappa shape index (κ1) is 19.9. The third-order valence-electron chi connectivity index (χ3n) is 4.86. The van der Waals surface area contributed by atoms with Gasteiger partial charge in [0, 0.05) is 30.7 Å². The number of aliphatic hydroxyl groups excluding tert-OH is 1. The first-order chi connectivity index (χ1) is 13.0. The number of likely N-dealkylation sites (tertiary alicyclic amines) is 1. The quantitative estimate of drug-likeness (QED) is 0.734. The minimum atomic E-state index is -0.142. The topological polar surface area (TPSA) is 61.8 Å². The maximum atomic E-state index is 12.4. The number of amides is 1. The van der Waals surface area contributed by atoms with Crippen LogP contribution in [0.1, 0.15) is 34.3 Å². The van der Waals surface area contributed by atoms with E-state index in [0.717, 1.165) is 42.5 Å². The number of rotatable bonds is 6. The average Bonchev–Trinajstić information content (AvgIpc) is 2.69. The number of ether oxygens (including phenoxy) is 1. The van der Waals surface area contributed by atoms with E-state index < -0.39 is 0 Å². The Labute approximate surface area is 168 Å². The predicted octanol–water partition coefficient (Wildman–Crippen LogP) is 3.34. The summed E-state index contributed by atoms with van der Waals surface area (Å²) in [5.74, 6) is 0.509. The molecule has 1 amide bonds. The molecule has 0 aliphatic carbocycles. The molecule has 1 heterocycles. The van der Waals surface area contributed by atoms with Crippen LogP contribution < -0.4 is 10.1 Å². The van der Waals surface area contributed by atoms with Crippen LogP contribution in [0, 0.1) is 0 Å². The molecule has 0 atom stereocenters. The summed E-state index contributed by atoms with van der Waals surface area (Å²) in [7, 11) is 1.58. The Hall–Kier alpha value is -1.89. The van der Waals surface area contributed by atoms with Crippen molar-refractivity contribution in [3.8, 4) is 5.75 Å². The van der Waals surface area contributed by atoms with Gasteiger partial charge in [0.1, 0.15) is 5.75 Å². The highest BCUT2D eigenvalue weighted by Gasteiger charge is 2.17. The predicted molar refractivity (Wildman–Crippen MR) is 109 cm³/mol. The average molecular weight is 433 g/mol. The summed E-state index contributed by atoms with van der Waals surface area (Å²) < 4.78 is 5.92. The van der Waals surface area contributed by atoms with Gasteiger partial charge in [-0.25, -0.2) is 0 Å². The van der Waals surface area contributed by atoms with Gasteiger partial charge in [0.2, 0.25) is 0 Å². The van der Waals surface area contributed by atoms with Crippen LogP contribution in [0.15, 0.2) is 46.9 Å². The van der Waals surface area contributed by atoms with E-state index in [1.54, 1.807) is 13.2 Å². The lowest BCUT2D eigenvalue weighted by Crippen LogP contribution is -2.35. The van der Waals surface area contributed by atoms with E-state index in [2.05, 4.69) is 50.4 Å². The summed E-state index contributed by atoms with van der Waals surface area (Å²) in [6.45, 7) is 3.25. The smallest absolute Gasteiger partial charge is 0.252 e. The van der Waals surface area contributed by atoms with Crippen LogP contribution in [-0.4, -0.2) is 42.2 Å². The zero-order valence-corrected chi connectivity index (χ0v) is 17.0. The fourth-order valence-corrected chi connectivity index (χ4v) is 3.61. The number of carbonyl (C=O) groups excluding carboxylic acids is 1. The number of benzene rings is 2. The standard InChI is InChI=1S/C21H25BrN2O3/c1-27-18-6-7-20(22)19(12-18)21(26)23-13-15-2-4-16(5-3-15)14-24-10-8-17(25)9-11-24/h2-7,12,17,25H,8-11,13-14H2,1H3,(H,23,26). The van der Waals surface area contributed by atoms with Crippen molar-refractivity contribution >= 4 is 21.8 Å². The molecule has 27 heavy (non-hydrogen) atoms. The highest BCUT2D eigenvalue weighted by atomic mass is 79.9. The highest BCUT2D eigenvalue weighted by Crippen LogP contribution is 2.22. The largest absolute Gasteiger partial charge is 0.497 e. The van der Waals surface area contributed by atoms with Crippen LogP contribution in [0.4, 0.5) is 0 Å². The number of methoxy groups -OCH3 is 1. The summed E-state index contributed by atoms with van der Waals surface area (Å²) in [5, 5.41) is 12.5. The van der Waals surface area contributed by atoms with E-state index in [9.17, 15) is 9.90 Å². The van der Waals surface area contributed by atoms with Gasteiger partial charge < -0.3 is 15.2 Å². The van der Waals surface area contributed by atoms with E-state index >= 15 is 0 Å². The molecule has 1 aliphatic heterocycles.